The molecular formula is C10H13NO3S. The van der Waals surface area contributed by atoms with Crippen LogP contribution in [0.15, 0.2) is 11.4 Å². The lowest BCUT2D eigenvalue weighted by molar-refractivity contribution is 0.0687. The zero-order chi connectivity index (χ0) is 10.8. The van der Waals surface area contributed by atoms with Gasteiger partial charge >= 0.3 is 5.97 Å². The van der Waals surface area contributed by atoms with Crippen molar-refractivity contribution in [1.82, 2.24) is 5.32 Å². The summed E-state index contributed by atoms with van der Waals surface area (Å²) in [6, 6.07) is 1.54. The largest absolute Gasteiger partial charge is 0.478 e. The minimum absolute atomic E-state index is 0.00162. The van der Waals surface area contributed by atoms with Crippen molar-refractivity contribution in [2.24, 2.45) is 0 Å². The second-order valence-electron chi connectivity index (χ2n) is 3.65. The lowest BCUT2D eigenvalue weighted by Crippen LogP contribution is -2.29. The third-order valence-electron chi connectivity index (χ3n) is 2.67. The number of rotatable bonds is 3. The van der Waals surface area contributed by atoms with Gasteiger partial charge in [0.15, 0.2) is 0 Å². The molecule has 0 aliphatic carbocycles. The van der Waals surface area contributed by atoms with E-state index in [4.69, 9.17) is 5.11 Å². The number of thiophene rings is 1. The van der Waals surface area contributed by atoms with Gasteiger partial charge in [0.05, 0.1) is 5.56 Å². The monoisotopic (exact) mass is 227 g/mol. The minimum Gasteiger partial charge on any atom is -0.478 e. The number of hydrogen-bond acceptors (Lipinski definition) is 4. The fraction of sp³-hybridized carbons (Fsp3) is 0.500. The summed E-state index contributed by atoms with van der Waals surface area (Å²) >= 11 is 1.30. The summed E-state index contributed by atoms with van der Waals surface area (Å²) in [7, 11) is 0. The Morgan fingerprint density at radius 1 is 1.67 bits per heavy atom. The molecule has 15 heavy (non-hydrogen) atoms. The third-order valence-corrected chi connectivity index (χ3v) is 3.66. The summed E-state index contributed by atoms with van der Waals surface area (Å²) < 4.78 is 0. The number of aliphatic hydroxyl groups excluding tert-OH is 1. The summed E-state index contributed by atoms with van der Waals surface area (Å²) in [5, 5.41) is 23.8. The van der Waals surface area contributed by atoms with E-state index in [1.807, 2.05) is 0 Å². The molecule has 1 aromatic rings. The fourth-order valence-electron chi connectivity index (χ4n) is 1.89. The van der Waals surface area contributed by atoms with Crippen LogP contribution in [0, 0.1) is 0 Å². The Hall–Kier alpha value is -0.910. The van der Waals surface area contributed by atoms with E-state index in [0.717, 1.165) is 19.4 Å². The van der Waals surface area contributed by atoms with E-state index in [9.17, 15) is 9.90 Å². The molecule has 0 radical (unpaired) electrons. The summed E-state index contributed by atoms with van der Waals surface area (Å²) in [4.78, 5) is 11.4. The van der Waals surface area contributed by atoms with Crippen LogP contribution in [-0.2, 0) is 0 Å². The molecule has 5 heteroatoms. The highest BCUT2D eigenvalue weighted by molar-refractivity contribution is 7.10. The number of carbonyl (C=O) groups is 1. The van der Waals surface area contributed by atoms with Crippen molar-refractivity contribution in [3.05, 3.63) is 21.9 Å². The van der Waals surface area contributed by atoms with E-state index in [1.54, 1.807) is 11.4 Å². The van der Waals surface area contributed by atoms with E-state index in [2.05, 4.69) is 5.32 Å². The highest BCUT2D eigenvalue weighted by Crippen LogP contribution is 2.29. The molecule has 0 aromatic carbocycles. The summed E-state index contributed by atoms with van der Waals surface area (Å²) in [6.07, 6.45) is 1.24. The number of carboxylic acid groups (broad SMARTS) is 1. The van der Waals surface area contributed by atoms with Gasteiger partial charge in [-0.1, -0.05) is 0 Å². The number of aromatic carboxylic acids is 1. The molecule has 4 nitrogen and oxygen atoms in total. The molecule has 1 aliphatic heterocycles. The first-order valence-electron chi connectivity index (χ1n) is 4.92. The van der Waals surface area contributed by atoms with Gasteiger partial charge in [-0.05, 0) is 30.8 Å². The molecule has 0 saturated carbocycles. The van der Waals surface area contributed by atoms with E-state index in [1.165, 1.54) is 11.3 Å². The molecule has 82 valence electrons. The Balaban J connectivity index is 2.20. The summed E-state index contributed by atoms with van der Waals surface area (Å²) in [5.74, 6) is -0.969. The molecule has 0 amide bonds. The van der Waals surface area contributed by atoms with Crippen LogP contribution in [0.1, 0.15) is 34.2 Å². The van der Waals surface area contributed by atoms with Gasteiger partial charge in [-0.2, -0.15) is 0 Å². The Morgan fingerprint density at radius 2 is 2.47 bits per heavy atom. The Bertz CT molecular complexity index is 357. The Morgan fingerprint density at radius 3 is 3.07 bits per heavy atom. The molecule has 1 aromatic heterocycles. The molecule has 1 saturated heterocycles. The first-order valence-corrected chi connectivity index (χ1v) is 5.80. The summed E-state index contributed by atoms with van der Waals surface area (Å²) in [5.41, 5.74) is 0.223. The van der Waals surface area contributed by atoms with Crippen molar-refractivity contribution >= 4 is 17.3 Å². The van der Waals surface area contributed by atoms with Crippen molar-refractivity contribution in [2.45, 2.75) is 25.0 Å². The van der Waals surface area contributed by atoms with Crippen LogP contribution in [0.25, 0.3) is 0 Å². The first-order chi connectivity index (χ1) is 7.20. The lowest BCUT2D eigenvalue weighted by atomic mass is 10.1. The molecule has 2 heterocycles. The van der Waals surface area contributed by atoms with Gasteiger partial charge in [0.25, 0.3) is 0 Å². The van der Waals surface area contributed by atoms with Gasteiger partial charge in [0, 0.05) is 10.9 Å². The zero-order valence-corrected chi connectivity index (χ0v) is 8.96. The van der Waals surface area contributed by atoms with Crippen molar-refractivity contribution in [3.8, 4) is 0 Å². The Kier molecular flexibility index (Phi) is 3.04. The van der Waals surface area contributed by atoms with Gasteiger partial charge in [0.2, 0.25) is 0 Å². The number of nitrogens with one attached hydrogen (secondary N) is 1. The van der Waals surface area contributed by atoms with Gasteiger partial charge in [-0.25, -0.2) is 4.79 Å². The predicted molar refractivity (Wildman–Crippen MR) is 57.3 cm³/mol. The predicted octanol–water partition coefficient (Wildman–Crippen LogP) is 1.23. The normalized spacial score (nSPS) is 22.9. The van der Waals surface area contributed by atoms with Gasteiger partial charge in [0.1, 0.15) is 6.10 Å². The molecule has 2 unspecified atom stereocenters. The maximum Gasteiger partial charge on any atom is 0.336 e. The van der Waals surface area contributed by atoms with Gasteiger partial charge in [-0.15, -0.1) is 11.3 Å². The lowest BCUT2D eigenvalue weighted by Gasteiger charge is -2.17. The third kappa shape index (κ3) is 2.04. The van der Waals surface area contributed by atoms with E-state index < -0.39 is 12.1 Å². The van der Waals surface area contributed by atoms with Crippen molar-refractivity contribution < 1.29 is 15.0 Å². The van der Waals surface area contributed by atoms with E-state index >= 15 is 0 Å². The molecule has 0 bridgehead atoms. The van der Waals surface area contributed by atoms with Gasteiger partial charge in [-0.3, -0.25) is 0 Å². The number of carboxylic acids is 1. The Labute approximate surface area is 91.6 Å². The second-order valence-corrected chi connectivity index (χ2v) is 4.60. The van der Waals surface area contributed by atoms with Crippen molar-refractivity contribution in [3.63, 3.8) is 0 Å². The summed E-state index contributed by atoms with van der Waals surface area (Å²) in [6.45, 7) is 0.898. The maximum absolute atomic E-state index is 10.9. The number of hydrogen-bond donors (Lipinski definition) is 3. The van der Waals surface area contributed by atoms with Gasteiger partial charge < -0.3 is 15.5 Å². The molecule has 3 N–H and O–H groups in total. The molecule has 0 spiro atoms. The highest BCUT2D eigenvalue weighted by Gasteiger charge is 2.28. The number of aliphatic hydroxyl groups is 1. The SMILES string of the molecule is O=C(O)c1ccsc1C(O)C1CCCN1. The zero-order valence-electron chi connectivity index (χ0n) is 8.14. The molecule has 2 rings (SSSR count). The maximum atomic E-state index is 10.9. The van der Waals surface area contributed by atoms with Crippen LogP contribution < -0.4 is 5.32 Å². The van der Waals surface area contributed by atoms with Crippen LogP contribution >= 0.6 is 11.3 Å². The highest BCUT2D eigenvalue weighted by atomic mass is 32.1. The smallest absolute Gasteiger partial charge is 0.336 e. The van der Waals surface area contributed by atoms with E-state index in [-0.39, 0.29) is 11.6 Å². The molecule has 2 atom stereocenters. The van der Waals surface area contributed by atoms with Crippen LogP contribution in [0.3, 0.4) is 0 Å². The van der Waals surface area contributed by atoms with Crippen LogP contribution in [0.2, 0.25) is 0 Å². The molecular weight excluding hydrogens is 214 g/mol. The minimum atomic E-state index is -0.969. The second kappa shape index (κ2) is 4.30. The molecule has 1 fully saturated rings. The van der Waals surface area contributed by atoms with E-state index in [0.29, 0.717) is 4.88 Å². The quantitative estimate of drug-likeness (QED) is 0.726. The fourth-order valence-corrected chi connectivity index (χ4v) is 2.83. The molecule has 1 aliphatic rings. The van der Waals surface area contributed by atoms with Crippen LogP contribution in [0.4, 0.5) is 0 Å². The van der Waals surface area contributed by atoms with Crippen molar-refractivity contribution in [1.29, 1.82) is 0 Å². The average molecular weight is 227 g/mol. The topological polar surface area (TPSA) is 69.6 Å². The standard InChI is InChI=1S/C10H13NO3S/c12-8(7-2-1-4-11-7)9-6(10(13)14)3-5-15-9/h3,5,7-8,11-12H,1-2,4H2,(H,13,14). The van der Waals surface area contributed by atoms with Crippen LogP contribution in [0.5, 0.6) is 0 Å². The van der Waals surface area contributed by atoms with Crippen molar-refractivity contribution in [2.75, 3.05) is 6.54 Å². The average Bonchev–Trinajstić information content (AvgIpc) is 2.88. The first kappa shape index (κ1) is 10.6. The van der Waals surface area contributed by atoms with Crippen LogP contribution in [-0.4, -0.2) is 28.8 Å².